The summed E-state index contributed by atoms with van der Waals surface area (Å²) < 4.78 is 39.7. The Morgan fingerprint density at radius 2 is 1.68 bits per heavy atom. The molecule has 3 aromatic rings. The van der Waals surface area contributed by atoms with E-state index < -0.39 is 5.97 Å². The molecule has 210 valence electrons. The molecule has 1 saturated heterocycles. The number of aliphatic carboxylic acids is 1. The molecule has 3 aromatic carbocycles. The van der Waals surface area contributed by atoms with Crippen molar-refractivity contribution >= 4 is 23.1 Å². The topological polar surface area (TPSA) is 74.6 Å². The van der Waals surface area contributed by atoms with E-state index in [0.29, 0.717) is 36.9 Å². The number of ether oxygens (including phenoxy) is 2. The summed E-state index contributed by atoms with van der Waals surface area (Å²) in [6, 6.07) is 18.0. The first kappa shape index (κ1) is 27.4. The number of halogens is 2. The fourth-order valence-corrected chi connectivity index (χ4v) is 5.38. The zero-order valence-corrected chi connectivity index (χ0v) is 22.6. The number of hydrogen-bond donors (Lipinski definition) is 1. The van der Waals surface area contributed by atoms with Gasteiger partial charge in [0.15, 0.2) is 0 Å². The lowest BCUT2D eigenvalue weighted by atomic mass is 9.91. The Labute approximate surface area is 232 Å². The third-order valence-corrected chi connectivity index (χ3v) is 7.48. The first-order valence-corrected chi connectivity index (χ1v) is 13.6. The minimum absolute atomic E-state index is 0.00472. The zero-order valence-electron chi connectivity index (χ0n) is 22.6. The predicted molar refractivity (Wildman–Crippen MR) is 150 cm³/mol. The summed E-state index contributed by atoms with van der Waals surface area (Å²) >= 11 is 0. The van der Waals surface area contributed by atoms with E-state index in [4.69, 9.17) is 14.6 Å². The number of nitrogens with zero attached hydrogens (tertiary/aromatic N) is 3. The van der Waals surface area contributed by atoms with Crippen LogP contribution in [0.15, 0.2) is 71.8 Å². The fourth-order valence-electron chi connectivity index (χ4n) is 5.38. The first-order valence-electron chi connectivity index (χ1n) is 13.6. The average Bonchev–Trinajstić information content (AvgIpc) is 3.26. The zero-order chi connectivity index (χ0) is 28.2. The molecule has 0 unspecified atom stereocenters. The van der Waals surface area contributed by atoms with Gasteiger partial charge in [-0.3, -0.25) is 9.80 Å². The molecule has 2 heterocycles. The van der Waals surface area contributed by atoms with Gasteiger partial charge >= 0.3 is 5.97 Å². The molecule has 1 N–H and O–H groups in total. The summed E-state index contributed by atoms with van der Waals surface area (Å²) in [4.78, 5) is 13.7. The van der Waals surface area contributed by atoms with Crippen LogP contribution in [0.5, 0.6) is 11.5 Å². The van der Waals surface area contributed by atoms with Crippen LogP contribution in [0.3, 0.4) is 0 Å². The number of benzene rings is 3. The Morgan fingerprint density at radius 1 is 1.00 bits per heavy atom. The molecule has 40 heavy (non-hydrogen) atoms. The van der Waals surface area contributed by atoms with E-state index in [2.05, 4.69) is 0 Å². The number of hydrogen-bond acceptors (Lipinski definition) is 6. The van der Waals surface area contributed by atoms with Gasteiger partial charge in [-0.25, -0.2) is 8.78 Å². The molecule has 0 amide bonds. The summed E-state index contributed by atoms with van der Waals surface area (Å²) in [5.41, 5.74) is 2.79. The predicted octanol–water partition coefficient (Wildman–Crippen LogP) is 6.12. The standard InChI is InChI=1S/C31H33F2N3O4/c1-3-39-26-12-13-27(33)29(18-26)35-16-14-25(15-17-35)40-24-10-8-23(9-11-24)36-28(19-30(37)38)20(2)31(34-36)21-4-6-22(32)7-5-21/h4-13,18,20,25,28H,3,14-17,19H2,1-2H3,(H,37,38)/t20-,28-/m0/s1. The number of piperidine rings is 1. The highest BCUT2D eigenvalue weighted by molar-refractivity contribution is 6.05. The van der Waals surface area contributed by atoms with E-state index in [1.54, 1.807) is 29.3 Å². The highest BCUT2D eigenvalue weighted by atomic mass is 19.1. The summed E-state index contributed by atoms with van der Waals surface area (Å²) in [5.74, 6) is -0.310. The highest BCUT2D eigenvalue weighted by Crippen LogP contribution is 2.34. The van der Waals surface area contributed by atoms with Crippen LogP contribution in [-0.4, -0.2) is 48.6 Å². The number of carbonyl (C=O) groups is 1. The molecule has 2 atom stereocenters. The van der Waals surface area contributed by atoms with Crippen LogP contribution >= 0.6 is 0 Å². The molecule has 0 radical (unpaired) electrons. The normalized spacial score (nSPS) is 19.4. The van der Waals surface area contributed by atoms with Gasteiger partial charge in [-0.05, 0) is 61.0 Å². The Hall–Kier alpha value is -4.14. The number of carboxylic acid groups (broad SMARTS) is 1. The molecule has 0 aliphatic carbocycles. The van der Waals surface area contributed by atoms with Crippen LogP contribution in [0.25, 0.3) is 0 Å². The van der Waals surface area contributed by atoms with E-state index in [0.717, 1.165) is 29.8 Å². The summed E-state index contributed by atoms with van der Waals surface area (Å²) in [7, 11) is 0. The van der Waals surface area contributed by atoms with Gasteiger partial charge in [0.25, 0.3) is 0 Å². The van der Waals surface area contributed by atoms with Crippen LogP contribution < -0.4 is 19.4 Å². The van der Waals surface area contributed by atoms with Crippen molar-refractivity contribution in [1.29, 1.82) is 0 Å². The highest BCUT2D eigenvalue weighted by Gasteiger charge is 2.37. The van der Waals surface area contributed by atoms with Crippen molar-refractivity contribution in [1.82, 2.24) is 0 Å². The third-order valence-electron chi connectivity index (χ3n) is 7.48. The molecule has 0 bridgehead atoms. The van der Waals surface area contributed by atoms with Crippen LogP contribution in [0.4, 0.5) is 20.2 Å². The van der Waals surface area contributed by atoms with Gasteiger partial charge < -0.3 is 19.5 Å². The lowest BCUT2D eigenvalue weighted by Gasteiger charge is -2.34. The van der Waals surface area contributed by atoms with Crippen molar-refractivity contribution in [2.24, 2.45) is 11.0 Å². The average molecular weight is 550 g/mol. The second kappa shape index (κ2) is 11.9. The molecule has 1 fully saturated rings. The van der Waals surface area contributed by atoms with E-state index >= 15 is 0 Å². The van der Waals surface area contributed by atoms with Crippen LogP contribution in [0, 0.1) is 17.6 Å². The minimum atomic E-state index is -0.909. The maximum atomic E-state index is 14.5. The Morgan fingerprint density at radius 3 is 2.33 bits per heavy atom. The van der Waals surface area contributed by atoms with E-state index in [9.17, 15) is 18.7 Å². The van der Waals surface area contributed by atoms with Gasteiger partial charge in [0.2, 0.25) is 0 Å². The van der Waals surface area contributed by atoms with Crippen molar-refractivity contribution in [3.05, 3.63) is 83.9 Å². The van der Waals surface area contributed by atoms with E-state index in [-0.39, 0.29) is 36.1 Å². The number of carboxylic acids is 1. The minimum Gasteiger partial charge on any atom is -0.494 e. The number of hydrazone groups is 1. The van der Waals surface area contributed by atoms with E-state index in [1.807, 2.05) is 43.0 Å². The van der Waals surface area contributed by atoms with Crippen LogP contribution in [-0.2, 0) is 4.79 Å². The molecule has 0 aromatic heterocycles. The van der Waals surface area contributed by atoms with Gasteiger partial charge in [0.1, 0.15) is 29.2 Å². The van der Waals surface area contributed by atoms with Crippen molar-refractivity contribution in [2.45, 2.75) is 45.3 Å². The molecule has 2 aliphatic heterocycles. The van der Waals surface area contributed by atoms with Gasteiger partial charge in [0, 0.05) is 37.9 Å². The molecule has 9 heteroatoms. The van der Waals surface area contributed by atoms with Gasteiger partial charge in [0.05, 0.1) is 36.2 Å². The van der Waals surface area contributed by atoms with Crippen molar-refractivity contribution < 1.29 is 28.2 Å². The lowest BCUT2D eigenvalue weighted by molar-refractivity contribution is -0.137. The molecule has 0 saturated carbocycles. The van der Waals surface area contributed by atoms with Crippen LogP contribution in [0.2, 0.25) is 0 Å². The first-order chi connectivity index (χ1) is 19.3. The molecular weight excluding hydrogens is 516 g/mol. The molecule has 2 aliphatic rings. The van der Waals surface area contributed by atoms with E-state index in [1.165, 1.54) is 18.2 Å². The van der Waals surface area contributed by atoms with Gasteiger partial charge in [-0.1, -0.05) is 19.1 Å². The Bertz CT molecular complexity index is 1360. The molecule has 5 rings (SSSR count). The second-order valence-electron chi connectivity index (χ2n) is 10.1. The quantitative estimate of drug-likeness (QED) is 0.347. The smallest absolute Gasteiger partial charge is 0.305 e. The number of rotatable bonds is 9. The molecule has 7 nitrogen and oxygen atoms in total. The van der Waals surface area contributed by atoms with Gasteiger partial charge in [-0.2, -0.15) is 5.10 Å². The lowest BCUT2D eigenvalue weighted by Crippen LogP contribution is -2.38. The second-order valence-corrected chi connectivity index (χ2v) is 10.1. The Balaban J connectivity index is 1.25. The monoisotopic (exact) mass is 549 g/mol. The Kier molecular flexibility index (Phi) is 8.19. The molecule has 0 spiro atoms. The van der Waals surface area contributed by atoms with Crippen molar-refractivity contribution in [2.75, 3.05) is 29.6 Å². The molecular formula is C31H33F2N3O4. The van der Waals surface area contributed by atoms with Crippen molar-refractivity contribution in [3.63, 3.8) is 0 Å². The fraction of sp³-hybridized carbons (Fsp3) is 0.355. The summed E-state index contributed by atoms with van der Waals surface area (Å²) in [5, 5.41) is 16.0. The SMILES string of the molecule is CCOc1ccc(F)c(N2CCC(Oc3ccc(N4N=C(c5ccc(F)cc5)[C@@H](C)[C@@H]4CC(=O)O)cc3)CC2)c1. The third kappa shape index (κ3) is 6.03. The number of anilines is 2. The summed E-state index contributed by atoms with van der Waals surface area (Å²) in [6.07, 6.45) is 1.40. The maximum Gasteiger partial charge on any atom is 0.305 e. The van der Waals surface area contributed by atoms with Gasteiger partial charge in [-0.15, -0.1) is 0 Å². The largest absolute Gasteiger partial charge is 0.494 e. The maximum absolute atomic E-state index is 14.5. The van der Waals surface area contributed by atoms with Crippen LogP contribution in [0.1, 0.15) is 38.7 Å². The summed E-state index contributed by atoms with van der Waals surface area (Å²) in [6.45, 7) is 5.70. The van der Waals surface area contributed by atoms with Crippen molar-refractivity contribution in [3.8, 4) is 11.5 Å².